The standard InChI is InChI=1S/C12H14FN5O4/c1-12(13)2-5(20)6(3-19)22-10(12)18-4-15-7-8(18)16-11(14)17-9(7)21/h4,10,19-20H,2-3H2,1H3,(H3,14,16,17,21)/t10-,12?/m1/s1. The highest BCUT2D eigenvalue weighted by atomic mass is 19.1. The Morgan fingerprint density at radius 1 is 1.68 bits per heavy atom. The smallest absolute Gasteiger partial charge is 0.280 e. The molecule has 2 aromatic heterocycles. The molecule has 0 aromatic carbocycles. The van der Waals surface area contributed by atoms with Gasteiger partial charge in [0, 0.05) is 6.42 Å². The quantitative estimate of drug-likeness (QED) is 0.617. The van der Waals surface area contributed by atoms with Gasteiger partial charge in [0.1, 0.15) is 18.7 Å². The van der Waals surface area contributed by atoms with Crippen LogP contribution in [0, 0.1) is 0 Å². The predicted octanol–water partition coefficient (Wildman–Crippen LogP) is 0.111. The van der Waals surface area contributed by atoms with Gasteiger partial charge in [-0.3, -0.25) is 14.3 Å². The molecule has 22 heavy (non-hydrogen) atoms. The molecule has 0 aliphatic carbocycles. The van der Waals surface area contributed by atoms with Gasteiger partial charge in [-0.1, -0.05) is 0 Å². The third-order valence-corrected chi connectivity index (χ3v) is 3.45. The number of nitrogens with two attached hydrogens (primary N) is 1. The number of nitrogens with zero attached hydrogens (tertiary/aromatic N) is 3. The van der Waals surface area contributed by atoms with E-state index in [0.717, 1.165) is 0 Å². The van der Waals surface area contributed by atoms with Gasteiger partial charge in [-0.25, -0.2) is 9.37 Å². The number of aromatic amines is 1. The second-order valence-electron chi connectivity index (χ2n) is 5.23. The Hall–Kier alpha value is -2.62. The number of ether oxygens (including phenoxy) is 1. The van der Waals surface area contributed by atoms with Gasteiger partial charge < -0.3 is 20.7 Å². The van der Waals surface area contributed by atoms with Gasteiger partial charge in [-0.05, 0) is 6.92 Å². The molecule has 9 nitrogen and oxygen atoms in total. The van der Waals surface area contributed by atoms with Gasteiger partial charge in [0.2, 0.25) is 12.2 Å². The number of fused-ring (bicyclic) bond motifs is 1. The van der Waals surface area contributed by atoms with Crippen molar-refractivity contribution in [2.75, 3.05) is 12.3 Å². The number of nitrogens with one attached hydrogen (secondary N) is 1. The largest absolute Gasteiger partial charge is 0.509 e. The fourth-order valence-corrected chi connectivity index (χ4v) is 2.43. The zero-order valence-electron chi connectivity index (χ0n) is 11.6. The number of nitrogen functional groups attached to an aromatic ring is 1. The molecule has 118 valence electrons. The summed E-state index contributed by atoms with van der Waals surface area (Å²) in [6.07, 6.45) is -0.415. The number of aliphatic hydroxyl groups is 2. The summed E-state index contributed by atoms with van der Waals surface area (Å²) >= 11 is 0. The molecule has 0 radical (unpaired) electrons. The molecule has 1 aliphatic heterocycles. The van der Waals surface area contributed by atoms with Gasteiger partial charge in [-0.2, -0.15) is 4.98 Å². The Morgan fingerprint density at radius 2 is 2.41 bits per heavy atom. The van der Waals surface area contributed by atoms with Gasteiger partial charge in [-0.15, -0.1) is 0 Å². The number of aromatic nitrogens is 4. The van der Waals surface area contributed by atoms with E-state index in [0.29, 0.717) is 0 Å². The molecule has 10 heteroatoms. The number of anilines is 1. The molecule has 0 amide bonds. The average molecular weight is 311 g/mol. The van der Waals surface area contributed by atoms with Gasteiger partial charge in [0.05, 0.1) is 0 Å². The van der Waals surface area contributed by atoms with Crippen LogP contribution in [0.25, 0.3) is 11.2 Å². The van der Waals surface area contributed by atoms with Gasteiger partial charge in [0.25, 0.3) is 5.56 Å². The Kier molecular flexibility index (Phi) is 3.06. The summed E-state index contributed by atoms with van der Waals surface area (Å²) in [7, 11) is 0. The molecule has 3 rings (SSSR count). The van der Waals surface area contributed by atoms with E-state index in [-0.39, 0.29) is 35.1 Å². The van der Waals surface area contributed by atoms with Crippen molar-refractivity contribution >= 4 is 17.1 Å². The fourth-order valence-electron chi connectivity index (χ4n) is 2.43. The maximum Gasteiger partial charge on any atom is 0.280 e. The third-order valence-electron chi connectivity index (χ3n) is 3.45. The topological polar surface area (TPSA) is 139 Å². The molecule has 2 aromatic rings. The number of imidazole rings is 1. The SMILES string of the molecule is CC1(F)CC(O)=C(CO)O[C@H]1n1cnc2c(=O)[nH]c(N)nc21. The number of hydrogen-bond donors (Lipinski definition) is 4. The van der Waals surface area contributed by atoms with E-state index in [1.165, 1.54) is 17.8 Å². The van der Waals surface area contributed by atoms with Crippen molar-refractivity contribution in [1.29, 1.82) is 0 Å². The minimum Gasteiger partial charge on any atom is -0.509 e. The molecule has 0 bridgehead atoms. The Bertz CT molecular complexity index is 825. The van der Waals surface area contributed by atoms with E-state index in [9.17, 15) is 14.3 Å². The van der Waals surface area contributed by atoms with E-state index in [1.807, 2.05) is 0 Å². The fraction of sp³-hybridized carbons (Fsp3) is 0.417. The summed E-state index contributed by atoms with van der Waals surface area (Å²) in [5.41, 5.74) is 2.97. The molecule has 1 unspecified atom stereocenters. The number of allylic oxidation sites excluding steroid dienone is 1. The molecule has 2 atom stereocenters. The molecule has 1 aliphatic rings. The predicted molar refractivity (Wildman–Crippen MR) is 73.6 cm³/mol. The maximum absolute atomic E-state index is 14.8. The summed E-state index contributed by atoms with van der Waals surface area (Å²) < 4.78 is 21.3. The Balaban J connectivity index is 2.17. The lowest BCUT2D eigenvalue weighted by atomic mass is 9.97. The van der Waals surface area contributed by atoms with Crippen LogP contribution in [-0.2, 0) is 4.74 Å². The zero-order chi connectivity index (χ0) is 16.1. The molecular formula is C12H14FN5O4. The van der Waals surface area contributed by atoms with Crippen molar-refractivity contribution in [3.8, 4) is 0 Å². The lowest BCUT2D eigenvalue weighted by Crippen LogP contribution is -2.38. The second-order valence-corrected chi connectivity index (χ2v) is 5.23. The lowest BCUT2D eigenvalue weighted by Gasteiger charge is -2.36. The van der Waals surface area contributed by atoms with Gasteiger partial charge >= 0.3 is 0 Å². The molecule has 0 fully saturated rings. The average Bonchev–Trinajstić information content (AvgIpc) is 2.81. The van der Waals surface area contributed by atoms with E-state index in [4.69, 9.17) is 15.6 Å². The number of rotatable bonds is 2. The lowest BCUT2D eigenvalue weighted by molar-refractivity contribution is -0.0991. The van der Waals surface area contributed by atoms with Crippen LogP contribution in [0.5, 0.6) is 0 Å². The molecule has 3 heterocycles. The normalized spacial score (nSPS) is 25.5. The first-order chi connectivity index (χ1) is 10.3. The summed E-state index contributed by atoms with van der Waals surface area (Å²) in [5, 5.41) is 18.8. The van der Waals surface area contributed by atoms with Crippen LogP contribution in [0.2, 0.25) is 0 Å². The number of hydrogen-bond acceptors (Lipinski definition) is 7. The van der Waals surface area contributed by atoms with Crippen molar-refractivity contribution in [2.45, 2.75) is 25.2 Å². The highest BCUT2D eigenvalue weighted by molar-refractivity contribution is 5.70. The third kappa shape index (κ3) is 2.08. The summed E-state index contributed by atoms with van der Waals surface area (Å²) in [5.74, 6) is -0.644. The first-order valence-electron chi connectivity index (χ1n) is 6.43. The van der Waals surface area contributed by atoms with Crippen molar-refractivity contribution in [1.82, 2.24) is 19.5 Å². The minimum absolute atomic E-state index is 0.0158. The highest BCUT2D eigenvalue weighted by Crippen LogP contribution is 2.40. The summed E-state index contributed by atoms with van der Waals surface area (Å²) in [6.45, 7) is 0.644. The van der Waals surface area contributed by atoms with E-state index >= 15 is 0 Å². The molecular weight excluding hydrogens is 297 g/mol. The molecule has 0 saturated heterocycles. The zero-order valence-corrected chi connectivity index (χ0v) is 11.6. The molecule has 0 spiro atoms. The Labute approximate surface area is 122 Å². The van der Waals surface area contributed by atoms with Crippen LogP contribution >= 0.6 is 0 Å². The van der Waals surface area contributed by atoms with Crippen LogP contribution < -0.4 is 11.3 Å². The summed E-state index contributed by atoms with van der Waals surface area (Å²) in [4.78, 5) is 21.9. The van der Waals surface area contributed by atoms with Crippen molar-refractivity contribution in [3.05, 3.63) is 28.2 Å². The van der Waals surface area contributed by atoms with Crippen molar-refractivity contribution in [3.63, 3.8) is 0 Å². The van der Waals surface area contributed by atoms with Crippen LogP contribution in [0.1, 0.15) is 19.6 Å². The monoisotopic (exact) mass is 311 g/mol. The number of alkyl halides is 1. The molecule has 0 saturated carbocycles. The Morgan fingerprint density at radius 3 is 3.09 bits per heavy atom. The van der Waals surface area contributed by atoms with Crippen LogP contribution in [0.15, 0.2) is 22.6 Å². The van der Waals surface area contributed by atoms with Crippen molar-refractivity contribution < 1.29 is 19.3 Å². The molecule has 5 N–H and O–H groups in total. The van der Waals surface area contributed by atoms with E-state index in [2.05, 4.69) is 15.0 Å². The summed E-state index contributed by atoms with van der Waals surface area (Å²) in [6, 6.07) is 0. The minimum atomic E-state index is -2.00. The van der Waals surface area contributed by atoms with E-state index in [1.54, 1.807) is 0 Å². The van der Waals surface area contributed by atoms with E-state index < -0.39 is 24.1 Å². The first-order valence-corrected chi connectivity index (χ1v) is 6.43. The first kappa shape index (κ1) is 14.3. The second kappa shape index (κ2) is 4.70. The maximum atomic E-state index is 14.8. The number of halogens is 1. The highest BCUT2D eigenvalue weighted by Gasteiger charge is 2.44. The van der Waals surface area contributed by atoms with Crippen molar-refractivity contribution in [2.24, 2.45) is 0 Å². The van der Waals surface area contributed by atoms with Gasteiger partial charge in [0.15, 0.2) is 22.6 Å². The number of aliphatic hydroxyl groups excluding tert-OH is 2. The van der Waals surface area contributed by atoms with Crippen LogP contribution in [0.3, 0.4) is 0 Å². The van der Waals surface area contributed by atoms with Crippen LogP contribution in [0.4, 0.5) is 10.3 Å². The number of H-pyrrole nitrogens is 1. The van der Waals surface area contributed by atoms with Crippen LogP contribution in [-0.4, -0.2) is 42.0 Å².